The molecule has 214 valence electrons. The minimum atomic E-state index is 0.887. The Balaban J connectivity index is 1.23. The van der Waals surface area contributed by atoms with Crippen LogP contribution in [0.5, 0.6) is 0 Å². The molecule has 3 heteroatoms. The summed E-state index contributed by atoms with van der Waals surface area (Å²) in [6, 6.07) is 61.7. The molecule has 0 radical (unpaired) electrons. The number of fused-ring (bicyclic) bond motifs is 3. The molecule has 0 amide bonds. The summed E-state index contributed by atoms with van der Waals surface area (Å²) in [6.07, 6.45) is 0. The molecule has 1 aromatic heterocycles. The van der Waals surface area contributed by atoms with Crippen molar-refractivity contribution in [3.8, 4) is 22.3 Å². The lowest BCUT2D eigenvalue weighted by Gasteiger charge is -2.27. The van der Waals surface area contributed by atoms with Gasteiger partial charge in [-0.1, -0.05) is 103 Å². The Labute approximate surface area is 262 Å². The summed E-state index contributed by atoms with van der Waals surface area (Å²) in [6.45, 7) is 0. The Morgan fingerprint density at radius 2 is 0.933 bits per heavy atom. The maximum Gasteiger partial charge on any atom is 0.135 e. The first-order valence-electron chi connectivity index (χ1n) is 15.2. The summed E-state index contributed by atoms with van der Waals surface area (Å²) >= 11 is 0. The van der Waals surface area contributed by atoms with E-state index in [4.69, 9.17) is 4.42 Å². The first kappa shape index (κ1) is 26.6. The van der Waals surface area contributed by atoms with Crippen LogP contribution in [0.25, 0.3) is 44.2 Å². The molecule has 1 heterocycles. The third-order valence-corrected chi connectivity index (χ3v) is 8.17. The Hall–Kier alpha value is -6.06. The van der Waals surface area contributed by atoms with E-state index in [0.717, 1.165) is 50.4 Å². The van der Waals surface area contributed by atoms with Crippen molar-refractivity contribution in [1.82, 2.24) is 0 Å². The van der Waals surface area contributed by atoms with Crippen LogP contribution >= 0.6 is 0 Å². The normalized spacial score (nSPS) is 11.1. The minimum absolute atomic E-state index is 0.887. The van der Waals surface area contributed by atoms with Crippen molar-refractivity contribution in [2.45, 2.75) is 0 Å². The molecule has 0 fully saturated rings. The fraction of sp³-hybridized carbons (Fsp3) is 0. The molecule has 0 aliphatic carbocycles. The number of hydrogen-bond acceptors (Lipinski definition) is 3. The summed E-state index contributed by atoms with van der Waals surface area (Å²) in [7, 11) is 0. The largest absolute Gasteiger partial charge is 0.456 e. The Morgan fingerprint density at radius 1 is 0.356 bits per heavy atom. The number of nitrogens with zero attached hydrogens (tertiary/aromatic N) is 1. The van der Waals surface area contributed by atoms with Gasteiger partial charge in [-0.05, 0) is 95.1 Å². The van der Waals surface area contributed by atoms with E-state index in [1.54, 1.807) is 0 Å². The van der Waals surface area contributed by atoms with E-state index in [-0.39, 0.29) is 0 Å². The minimum Gasteiger partial charge on any atom is -0.456 e. The smallest absolute Gasteiger partial charge is 0.135 e. The van der Waals surface area contributed by atoms with Crippen molar-refractivity contribution in [2.24, 2.45) is 0 Å². The zero-order chi connectivity index (χ0) is 30.0. The molecule has 0 atom stereocenters. The second-order valence-corrected chi connectivity index (χ2v) is 11.2. The highest BCUT2D eigenvalue weighted by molar-refractivity contribution is 6.06. The van der Waals surface area contributed by atoms with Crippen LogP contribution in [-0.2, 0) is 0 Å². The van der Waals surface area contributed by atoms with Crippen LogP contribution in [0.2, 0.25) is 0 Å². The number of benzene rings is 7. The highest BCUT2D eigenvalue weighted by Crippen LogP contribution is 2.40. The number of anilines is 5. The Morgan fingerprint density at radius 3 is 1.64 bits per heavy atom. The zero-order valence-corrected chi connectivity index (χ0v) is 24.6. The molecule has 1 N–H and O–H groups in total. The van der Waals surface area contributed by atoms with Crippen LogP contribution in [0, 0.1) is 0 Å². The molecule has 0 aliphatic rings. The van der Waals surface area contributed by atoms with Gasteiger partial charge in [-0.15, -0.1) is 0 Å². The van der Waals surface area contributed by atoms with Crippen LogP contribution < -0.4 is 10.2 Å². The van der Waals surface area contributed by atoms with Gasteiger partial charge in [-0.2, -0.15) is 0 Å². The van der Waals surface area contributed by atoms with Crippen LogP contribution in [-0.4, -0.2) is 0 Å². The van der Waals surface area contributed by atoms with Gasteiger partial charge in [0.1, 0.15) is 11.2 Å². The maximum absolute atomic E-state index is 6.05. The molecule has 0 saturated heterocycles. The maximum atomic E-state index is 6.05. The zero-order valence-electron chi connectivity index (χ0n) is 24.6. The number of para-hydroxylation sites is 2. The van der Waals surface area contributed by atoms with Crippen molar-refractivity contribution in [2.75, 3.05) is 10.2 Å². The number of rotatable bonds is 7. The highest BCUT2D eigenvalue weighted by Gasteiger charge is 2.16. The van der Waals surface area contributed by atoms with E-state index in [0.29, 0.717) is 0 Å². The predicted octanol–water partition coefficient (Wildman–Crippen LogP) is 12.1. The van der Waals surface area contributed by atoms with E-state index < -0.39 is 0 Å². The fourth-order valence-corrected chi connectivity index (χ4v) is 6.05. The van der Waals surface area contributed by atoms with Crippen LogP contribution in [0.15, 0.2) is 180 Å². The Bertz CT molecular complexity index is 2180. The van der Waals surface area contributed by atoms with Crippen molar-refractivity contribution >= 4 is 50.4 Å². The van der Waals surface area contributed by atoms with Gasteiger partial charge in [0.2, 0.25) is 0 Å². The third-order valence-electron chi connectivity index (χ3n) is 8.17. The molecular weight excluding hydrogens is 548 g/mol. The van der Waals surface area contributed by atoms with E-state index in [9.17, 15) is 0 Å². The van der Waals surface area contributed by atoms with E-state index in [2.05, 4.69) is 168 Å². The van der Waals surface area contributed by atoms with Gasteiger partial charge in [0.05, 0.1) is 0 Å². The lowest BCUT2D eigenvalue weighted by atomic mass is 9.97. The second-order valence-electron chi connectivity index (χ2n) is 11.2. The van der Waals surface area contributed by atoms with Gasteiger partial charge in [-0.3, -0.25) is 0 Å². The monoisotopic (exact) mass is 578 g/mol. The second kappa shape index (κ2) is 11.6. The van der Waals surface area contributed by atoms with E-state index in [1.165, 1.54) is 22.3 Å². The van der Waals surface area contributed by atoms with Crippen LogP contribution in [0.3, 0.4) is 0 Å². The SMILES string of the molecule is c1ccc(-c2cc(-c3ccccc3)cc(N(c3ccccc3)c3cccc(Nc4ccc5oc6ccccc6c5c4)c3)c2)cc1. The summed E-state index contributed by atoms with van der Waals surface area (Å²) in [5, 5.41) is 5.87. The summed E-state index contributed by atoms with van der Waals surface area (Å²) in [4.78, 5) is 2.33. The summed E-state index contributed by atoms with van der Waals surface area (Å²) in [5.74, 6) is 0. The van der Waals surface area contributed by atoms with E-state index >= 15 is 0 Å². The molecule has 0 aliphatic heterocycles. The standard InChI is InChI=1S/C42H30N2O/c1-4-13-30(14-5-1)32-25-33(31-15-6-2-7-16-31)27-38(26-32)44(36-18-8-3-9-19-36)37-20-12-17-34(28-37)43-35-23-24-42-40(29-35)39-21-10-11-22-41(39)45-42/h1-29,43H. The first-order chi connectivity index (χ1) is 22.3. The highest BCUT2D eigenvalue weighted by atomic mass is 16.3. The molecule has 0 saturated carbocycles. The number of furan rings is 1. The lowest BCUT2D eigenvalue weighted by molar-refractivity contribution is 0.669. The van der Waals surface area contributed by atoms with Crippen molar-refractivity contribution in [3.63, 3.8) is 0 Å². The number of nitrogens with one attached hydrogen (secondary N) is 1. The molecular formula is C42H30N2O. The van der Waals surface area contributed by atoms with Gasteiger partial charge in [-0.25, -0.2) is 0 Å². The molecule has 0 bridgehead atoms. The first-order valence-corrected chi connectivity index (χ1v) is 15.2. The van der Waals surface area contributed by atoms with Crippen LogP contribution in [0.1, 0.15) is 0 Å². The van der Waals surface area contributed by atoms with Gasteiger partial charge < -0.3 is 14.6 Å². The lowest BCUT2D eigenvalue weighted by Crippen LogP contribution is -2.10. The molecule has 0 spiro atoms. The molecule has 7 aromatic carbocycles. The van der Waals surface area contributed by atoms with Gasteiger partial charge >= 0.3 is 0 Å². The third kappa shape index (κ3) is 5.32. The molecule has 3 nitrogen and oxygen atoms in total. The van der Waals surface area contributed by atoms with Crippen molar-refractivity contribution in [1.29, 1.82) is 0 Å². The van der Waals surface area contributed by atoms with Gasteiger partial charge in [0.15, 0.2) is 0 Å². The summed E-state index contributed by atoms with van der Waals surface area (Å²) in [5.41, 5.74) is 11.7. The molecule has 45 heavy (non-hydrogen) atoms. The van der Waals surface area contributed by atoms with Gasteiger partial charge in [0.25, 0.3) is 0 Å². The van der Waals surface area contributed by atoms with Crippen LogP contribution in [0.4, 0.5) is 28.4 Å². The van der Waals surface area contributed by atoms with Crippen molar-refractivity contribution in [3.05, 3.63) is 176 Å². The molecule has 0 unspecified atom stereocenters. The topological polar surface area (TPSA) is 28.4 Å². The van der Waals surface area contributed by atoms with Crippen molar-refractivity contribution < 1.29 is 4.42 Å². The average molecular weight is 579 g/mol. The quantitative estimate of drug-likeness (QED) is 0.204. The van der Waals surface area contributed by atoms with E-state index in [1.807, 2.05) is 18.2 Å². The average Bonchev–Trinajstić information content (AvgIpc) is 3.48. The van der Waals surface area contributed by atoms with Gasteiger partial charge in [0, 0.05) is 39.2 Å². The molecule has 8 rings (SSSR count). The summed E-state index contributed by atoms with van der Waals surface area (Å²) < 4.78 is 6.05. The fourth-order valence-electron chi connectivity index (χ4n) is 6.05. The Kier molecular flexibility index (Phi) is 6.82. The molecule has 8 aromatic rings. The number of hydrogen-bond donors (Lipinski definition) is 1. The predicted molar refractivity (Wildman–Crippen MR) is 189 cm³/mol.